The Morgan fingerprint density at radius 3 is 2.60 bits per heavy atom. The number of methoxy groups -OCH3 is 1. The van der Waals surface area contributed by atoms with Crippen molar-refractivity contribution in [1.29, 1.82) is 0 Å². The molecular weight excluding hydrogens is 252 g/mol. The lowest BCUT2D eigenvalue weighted by atomic mass is 10.1. The first-order valence-corrected chi connectivity index (χ1v) is 6.69. The molecule has 20 heavy (non-hydrogen) atoms. The van der Waals surface area contributed by atoms with Crippen molar-refractivity contribution in [1.82, 2.24) is 9.97 Å². The number of nitrogens with zero attached hydrogens (tertiary/aromatic N) is 2. The topological polar surface area (TPSA) is 73.1 Å². The van der Waals surface area contributed by atoms with Crippen molar-refractivity contribution in [2.24, 2.45) is 0 Å². The number of nitrogens with two attached hydrogens (primary N) is 1. The molecule has 5 heteroatoms. The van der Waals surface area contributed by atoms with Crippen LogP contribution in [0, 0.1) is 0 Å². The molecule has 0 aliphatic carbocycles. The highest BCUT2D eigenvalue weighted by molar-refractivity contribution is 5.58. The number of nitrogens with one attached hydrogen (secondary N) is 1. The fourth-order valence-electron chi connectivity index (χ4n) is 1.97. The summed E-state index contributed by atoms with van der Waals surface area (Å²) in [5, 5.41) is 3.23. The van der Waals surface area contributed by atoms with Gasteiger partial charge in [0.25, 0.3) is 0 Å². The summed E-state index contributed by atoms with van der Waals surface area (Å²) >= 11 is 0. The van der Waals surface area contributed by atoms with Crippen LogP contribution < -0.4 is 11.1 Å². The summed E-state index contributed by atoms with van der Waals surface area (Å²) in [5.74, 6) is 1.67. The normalized spacial score (nSPS) is 10.5. The van der Waals surface area contributed by atoms with Crippen molar-refractivity contribution >= 4 is 17.3 Å². The van der Waals surface area contributed by atoms with Crippen LogP contribution >= 0.6 is 0 Å². The van der Waals surface area contributed by atoms with E-state index < -0.39 is 0 Å². The van der Waals surface area contributed by atoms with Crippen molar-refractivity contribution in [2.45, 2.75) is 26.4 Å². The molecule has 3 N–H and O–H groups in total. The van der Waals surface area contributed by atoms with Crippen LogP contribution in [0.15, 0.2) is 30.3 Å². The highest BCUT2D eigenvalue weighted by Gasteiger charge is 2.03. The molecule has 5 nitrogen and oxygen atoms in total. The third-order valence-electron chi connectivity index (χ3n) is 2.83. The monoisotopic (exact) mass is 272 g/mol. The van der Waals surface area contributed by atoms with Gasteiger partial charge in [-0.15, -0.1) is 0 Å². The minimum atomic E-state index is 0.342. The van der Waals surface area contributed by atoms with E-state index in [0.29, 0.717) is 24.1 Å². The van der Waals surface area contributed by atoms with Crippen molar-refractivity contribution < 1.29 is 4.74 Å². The van der Waals surface area contributed by atoms with E-state index in [4.69, 9.17) is 10.5 Å². The van der Waals surface area contributed by atoms with Crippen LogP contribution in [0.2, 0.25) is 0 Å². The Hall–Kier alpha value is -2.14. The summed E-state index contributed by atoms with van der Waals surface area (Å²) in [6.45, 7) is 2.52. The first-order chi connectivity index (χ1) is 9.71. The molecule has 0 fully saturated rings. The van der Waals surface area contributed by atoms with Gasteiger partial charge in [0.1, 0.15) is 18.2 Å². The van der Waals surface area contributed by atoms with Crippen molar-refractivity contribution in [3.05, 3.63) is 41.7 Å². The van der Waals surface area contributed by atoms with Gasteiger partial charge in [-0.2, -0.15) is 0 Å². The Morgan fingerprint density at radius 1 is 1.20 bits per heavy atom. The minimum absolute atomic E-state index is 0.342. The second-order valence-corrected chi connectivity index (χ2v) is 4.60. The summed E-state index contributed by atoms with van der Waals surface area (Å²) in [6.07, 6.45) is 2.24. The van der Waals surface area contributed by atoms with Gasteiger partial charge < -0.3 is 15.8 Å². The number of benzene rings is 1. The van der Waals surface area contributed by atoms with E-state index in [-0.39, 0.29) is 0 Å². The zero-order chi connectivity index (χ0) is 14.4. The number of hydrogen-bond acceptors (Lipinski definition) is 5. The van der Waals surface area contributed by atoms with Crippen LogP contribution in [0.3, 0.4) is 0 Å². The van der Waals surface area contributed by atoms with Gasteiger partial charge in [0.15, 0.2) is 5.82 Å². The molecule has 0 aliphatic heterocycles. The molecule has 0 saturated heterocycles. The van der Waals surface area contributed by atoms with E-state index in [1.807, 2.05) is 12.1 Å². The highest BCUT2D eigenvalue weighted by Crippen LogP contribution is 2.17. The van der Waals surface area contributed by atoms with Gasteiger partial charge >= 0.3 is 0 Å². The second-order valence-electron chi connectivity index (χ2n) is 4.60. The first kappa shape index (κ1) is 14.3. The molecule has 0 bridgehead atoms. The molecule has 0 unspecified atom stereocenters. The Labute approximate surface area is 119 Å². The number of rotatable bonds is 6. The molecule has 2 aromatic rings. The fraction of sp³-hybridized carbons (Fsp3) is 0.333. The summed E-state index contributed by atoms with van der Waals surface area (Å²) in [5.41, 5.74) is 8.07. The molecule has 0 radical (unpaired) electrons. The standard InChI is InChI=1S/C15H20N4O/c1-3-4-11-5-7-12(8-6-11)17-14-9-13(16)18-15(19-14)10-20-2/h5-9H,3-4,10H2,1-2H3,(H3,16,17,18,19). The molecule has 1 heterocycles. The summed E-state index contributed by atoms with van der Waals surface area (Å²) < 4.78 is 5.02. The second kappa shape index (κ2) is 6.86. The van der Waals surface area contributed by atoms with Crippen LogP contribution in [-0.4, -0.2) is 17.1 Å². The third-order valence-corrected chi connectivity index (χ3v) is 2.83. The number of anilines is 3. The lowest BCUT2D eigenvalue weighted by Gasteiger charge is -2.09. The Morgan fingerprint density at radius 2 is 1.95 bits per heavy atom. The Balaban J connectivity index is 2.12. The molecule has 0 spiro atoms. The maximum Gasteiger partial charge on any atom is 0.158 e. The molecular formula is C15H20N4O. The fourth-order valence-corrected chi connectivity index (χ4v) is 1.97. The lowest BCUT2D eigenvalue weighted by Crippen LogP contribution is -2.04. The Kier molecular flexibility index (Phi) is 4.90. The molecule has 0 amide bonds. The van der Waals surface area contributed by atoms with E-state index in [1.165, 1.54) is 5.56 Å². The first-order valence-electron chi connectivity index (χ1n) is 6.69. The van der Waals surface area contributed by atoms with Crippen LogP contribution in [0.4, 0.5) is 17.3 Å². The SMILES string of the molecule is CCCc1ccc(Nc2cc(N)nc(COC)n2)cc1. The van der Waals surface area contributed by atoms with Crippen molar-refractivity contribution in [3.8, 4) is 0 Å². The predicted molar refractivity (Wildman–Crippen MR) is 80.9 cm³/mol. The number of ether oxygens (including phenoxy) is 1. The van der Waals surface area contributed by atoms with E-state index in [9.17, 15) is 0 Å². The summed E-state index contributed by atoms with van der Waals surface area (Å²) in [4.78, 5) is 8.46. The zero-order valence-corrected chi connectivity index (χ0v) is 11.9. The predicted octanol–water partition coefficient (Wildman–Crippen LogP) is 2.90. The van der Waals surface area contributed by atoms with Crippen LogP contribution in [0.1, 0.15) is 24.7 Å². The largest absolute Gasteiger partial charge is 0.384 e. The van der Waals surface area contributed by atoms with E-state index in [0.717, 1.165) is 18.5 Å². The summed E-state index contributed by atoms with van der Waals surface area (Å²) in [7, 11) is 1.60. The van der Waals surface area contributed by atoms with Crippen molar-refractivity contribution in [2.75, 3.05) is 18.2 Å². The van der Waals surface area contributed by atoms with Gasteiger partial charge in [-0.3, -0.25) is 0 Å². The van der Waals surface area contributed by atoms with Gasteiger partial charge in [0.2, 0.25) is 0 Å². The van der Waals surface area contributed by atoms with E-state index in [1.54, 1.807) is 13.2 Å². The Bertz CT molecular complexity index is 554. The van der Waals surface area contributed by atoms with E-state index >= 15 is 0 Å². The van der Waals surface area contributed by atoms with Gasteiger partial charge in [-0.25, -0.2) is 9.97 Å². The minimum Gasteiger partial charge on any atom is -0.384 e. The highest BCUT2D eigenvalue weighted by atomic mass is 16.5. The molecule has 1 aromatic carbocycles. The quantitative estimate of drug-likeness (QED) is 0.846. The lowest BCUT2D eigenvalue weighted by molar-refractivity contribution is 0.178. The zero-order valence-electron chi connectivity index (χ0n) is 11.9. The summed E-state index contributed by atoms with van der Waals surface area (Å²) in [6, 6.07) is 10.0. The van der Waals surface area contributed by atoms with Gasteiger partial charge in [0, 0.05) is 18.9 Å². The number of aromatic nitrogens is 2. The van der Waals surface area contributed by atoms with E-state index in [2.05, 4.69) is 34.3 Å². The number of hydrogen-bond donors (Lipinski definition) is 2. The van der Waals surface area contributed by atoms with Crippen LogP contribution in [-0.2, 0) is 17.8 Å². The van der Waals surface area contributed by atoms with Gasteiger partial charge in [-0.1, -0.05) is 25.5 Å². The van der Waals surface area contributed by atoms with Gasteiger partial charge in [-0.05, 0) is 24.1 Å². The van der Waals surface area contributed by atoms with Crippen molar-refractivity contribution in [3.63, 3.8) is 0 Å². The smallest absolute Gasteiger partial charge is 0.158 e. The number of nitrogen functional groups attached to an aromatic ring is 1. The third kappa shape index (κ3) is 3.93. The molecule has 0 saturated carbocycles. The number of aryl methyl sites for hydroxylation is 1. The van der Waals surface area contributed by atoms with Gasteiger partial charge in [0.05, 0.1) is 0 Å². The molecule has 0 aliphatic rings. The van der Waals surface area contributed by atoms with Crippen LogP contribution in [0.25, 0.3) is 0 Å². The average molecular weight is 272 g/mol. The molecule has 2 rings (SSSR count). The molecule has 106 valence electrons. The average Bonchev–Trinajstić information content (AvgIpc) is 2.41. The molecule has 0 atom stereocenters. The van der Waals surface area contributed by atoms with Crippen LogP contribution in [0.5, 0.6) is 0 Å². The maximum absolute atomic E-state index is 5.76. The molecule has 1 aromatic heterocycles. The maximum atomic E-state index is 5.76.